The molecule has 0 aliphatic carbocycles. The number of aryl methyl sites for hydroxylation is 1. The monoisotopic (exact) mass is 208 g/mol. The van der Waals surface area contributed by atoms with Gasteiger partial charge in [-0.25, -0.2) is 0 Å². The molecule has 0 bridgehead atoms. The second kappa shape index (κ2) is 3.52. The van der Waals surface area contributed by atoms with E-state index in [4.69, 9.17) is 11.6 Å². The van der Waals surface area contributed by atoms with Gasteiger partial charge in [0.05, 0.1) is 0 Å². The van der Waals surface area contributed by atoms with Crippen molar-refractivity contribution in [1.29, 1.82) is 0 Å². The highest BCUT2D eigenvalue weighted by atomic mass is 35.5. The van der Waals surface area contributed by atoms with E-state index in [0.717, 1.165) is 5.02 Å². The zero-order valence-electron chi connectivity index (χ0n) is 7.25. The van der Waals surface area contributed by atoms with Crippen LogP contribution in [0.4, 0.5) is 0 Å². The summed E-state index contributed by atoms with van der Waals surface area (Å²) in [7, 11) is 0. The Morgan fingerprint density at radius 3 is 2.31 bits per heavy atom. The average Bonchev–Trinajstić information content (AvgIpc) is 2.53. The summed E-state index contributed by atoms with van der Waals surface area (Å²) in [6.45, 7) is 2.13. The zero-order chi connectivity index (χ0) is 9.26. The molecule has 13 heavy (non-hydrogen) atoms. The minimum atomic E-state index is 0.790. The Morgan fingerprint density at radius 2 is 1.77 bits per heavy atom. The fraction of sp³-hybridized carbons (Fsp3) is 0.0909. The SMILES string of the molecule is Cc1ccsc1-c1ccc(Cl)cc1. The highest BCUT2D eigenvalue weighted by molar-refractivity contribution is 7.13. The van der Waals surface area contributed by atoms with Crippen molar-refractivity contribution in [2.24, 2.45) is 0 Å². The molecule has 1 heterocycles. The third kappa shape index (κ3) is 1.77. The summed E-state index contributed by atoms with van der Waals surface area (Å²) in [4.78, 5) is 1.33. The number of thiophene rings is 1. The van der Waals surface area contributed by atoms with Crippen molar-refractivity contribution in [3.63, 3.8) is 0 Å². The zero-order valence-corrected chi connectivity index (χ0v) is 8.82. The van der Waals surface area contributed by atoms with Crippen molar-refractivity contribution < 1.29 is 0 Å². The van der Waals surface area contributed by atoms with Gasteiger partial charge in [0.15, 0.2) is 0 Å². The van der Waals surface area contributed by atoms with Crippen molar-refractivity contribution in [3.05, 3.63) is 46.3 Å². The molecule has 0 atom stereocenters. The number of hydrogen-bond acceptors (Lipinski definition) is 1. The maximum absolute atomic E-state index is 5.82. The first-order valence-corrected chi connectivity index (χ1v) is 5.33. The molecule has 0 nitrogen and oxygen atoms in total. The van der Waals surface area contributed by atoms with Gasteiger partial charge in [0, 0.05) is 9.90 Å². The molecular weight excluding hydrogens is 200 g/mol. The summed E-state index contributed by atoms with van der Waals surface area (Å²) in [6, 6.07) is 10.1. The van der Waals surface area contributed by atoms with E-state index in [9.17, 15) is 0 Å². The van der Waals surface area contributed by atoms with E-state index < -0.39 is 0 Å². The Balaban J connectivity index is 2.47. The Kier molecular flexibility index (Phi) is 2.38. The fourth-order valence-electron chi connectivity index (χ4n) is 1.27. The van der Waals surface area contributed by atoms with Crippen molar-refractivity contribution in [2.75, 3.05) is 0 Å². The Bertz CT molecular complexity index is 400. The number of hydrogen-bond donors (Lipinski definition) is 0. The number of halogens is 1. The highest BCUT2D eigenvalue weighted by Gasteiger charge is 2.01. The topological polar surface area (TPSA) is 0 Å². The van der Waals surface area contributed by atoms with Crippen LogP contribution in [-0.4, -0.2) is 0 Å². The molecule has 0 aliphatic rings. The molecule has 0 radical (unpaired) electrons. The third-order valence-corrected chi connectivity index (χ3v) is 3.29. The normalized spacial score (nSPS) is 10.3. The summed E-state index contributed by atoms with van der Waals surface area (Å²) in [5.74, 6) is 0. The van der Waals surface area contributed by atoms with Gasteiger partial charge in [0.2, 0.25) is 0 Å². The summed E-state index contributed by atoms with van der Waals surface area (Å²) < 4.78 is 0. The Labute approximate surface area is 86.8 Å². The highest BCUT2D eigenvalue weighted by Crippen LogP contribution is 2.29. The predicted molar refractivity (Wildman–Crippen MR) is 59.5 cm³/mol. The Morgan fingerprint density at radius 1 is 1.08 bits per heavy atom. The molecule has 1 aromatic carbocycles. The van der Waals surface area contributed by atoms with E-state index in [1.807, 2.05) is 12.1 Å². The average molecular weight is 209 g/mol. The maximum Gasteiger partial charge on any atom is 0.0406 e. The second-order valence-electron chi connectivity index (χ2n) is 2.94. The lowest BCUT2D eigenvalue weighted by molar-refractivity contribution is 1.54. The summed E-state index contributed by atoms with van der Waals surface area (Å²) in [5.41, 5.74) is 2.57. The minimum absolute atomic E-state index is 0.790. The molecule has 1 aromatic heterocycles. The lowest BCUT2D eigenvalue weighted by Gasteiger charge is -1.99. The van der Waals surface area contributed by atoms with Crippen molar-refractivity contribution >= 4 is 22.9 Å². The van der Waals surface area contributed by atoms with Gasteiger partial charge in [0.1, 0.15) is 0 Å². The molecule has 0 aliphatic heterocycles. The molecule has 0 spiro atoms. The minimum Gasteiger partial charge on any atom is -0.144 e. The first-order valence-electron chi connectivity index (χ1n) is 4.07. The van der Waals surface area contributed by atoms with Crippen LogP contribution in [0.1, 0.15) is 5.56 Å². The van der Waals surface area contributed by atoms with Crippen LogP contribution in [-0.2, 0) is 0 Å². The predicted octanol–water partition coefficient (Wildman–Crippen LogP) is 4.38. The first kappa shape index (κ1) is 8.79. The van der Waals surface area contributed by atoms with Gasteiger partial charge in [-0.2, -0.15) is 0 Å². The Hall–Kier alpha value is -0.790. The van der Waals surface area contributed by atoms with Gasteiger partial charge in [-0.3, -0.25) is 0 Å². The summed E-state index contributed by atoms with van der Waals surface area (Å²) >= 11 is 7.58. The van der Waals surface area contributed by atoms with E-state index in [2.05, 4.69) is 30.5 Å². The van der Waals surface area contributed by atoms with Crippen LogP contribution < -0.4 is 0 Å². The van der Waals surface area contributed by atoms with Crippen LogP contribution >= 0.6 is 22.9 Å². The molecule has 2 aromatic rings. The van der Waals surface area contributed by atoms with E-state index in [1.54, 1.807) is 11.3 Å². The van der Waals surface area contributed by atoms with Gasteiger partial charge < -0.3 is 0 Å². The van der Waals surface area contributed by atoms with Crippen LogP contribution in [0.2, 0.25) is 5.02 Å². The summed E-state index contributed by atoms with van der Waals surface area (Å²) in [6.07, 6.45) is 0. The third-order valence-electron chi connectivity index (χ3n) is 1.97. The van der Waals surface area contributed by atoms with E-state index in [-0.39, 0.29) is 0 Å². The number of benzene rings is 1. The lowest BCUT2D eigenvalue weighted by atomic mass is 10.1. The van der Waals surface area contributed by atoms with E-state index in [0.29, 0.717) is 0 Å². The molecule has 0 saturated carbocycles. The smallest absolute Gasteiger partial charge is 0.0406 e. The van der Waals surface area contributed by atoms with Gasteiger partial charge in [-0.05, 0) is 41.6 Å². The van der Waals surface area contributed by atoms with Gasteiger partial charge >= 0.3 is 0 Å². The molecule has 0 saturated heterocycles. The van der Waals surface area contributed by atoms with Gasteiger partial charge in [-0.1, -0.05) is 23.7 Å². The second-order valence-corrected chi connectivity index (χ2v) is 4.29. The van der Waals surface area contributed by atoms with Crippen molar-refractivity contribution in [3.8, 4) is 10.4 Å². The maximum atomic E-state index is 5.82. The molecular formula is C11H9ClS. The van der Waals surface area contributed by atoms with Crippen LogP contribution in [0, 0.1) is 6.92 Å². The molecule has 2 rings (SSSR count). The van der Waals surface area contributed by atoms with Crippen LogP contribution in [0.25, 0.3) is 10.4 Å². The van der Waals surface area contributed by atoms with Gasteiger partial charge in [-0.15, -0.1) is 11.3 Å². The van der Waals surface area contributed by atoms with Gasteiger partial charge in [0.25, 0.3) is 0 Å². The molecule has 0 N–H and O–H groups in total. The molecule has 2 heteroatoms. The fourth-order valence-corrected chi connectivity index (χ4v) is 2.33. The van der Waals surface area contributed by atoms with E-state index >= 15 is 0 Å². The lowest BCUT2D eigenvalue weighted by Crippen LogP contribution is -1.74. The summed E-state index contributed by atoms with van der Waals surface area (Å²) in [5, 5.41) is 2.90. The van der Waals surface area contributed by atoms with Crippen molar-refractivity contribution in [1.82, 2.24) is 0 Å². The van der Waals surface area contributed by atoms with Crippen LogP contribution in [0.3, 0.4) is 0 Å². The molecule has 0 unspecified atom stereocenters. The number of rotatable bonds is 1. The quantitative estimate of drug-likeness (QED) is 0.653. The molecule has 0 amide bonds. The molecule has 0 fully saturated rings. The standard InChI is InChI=1S/C11H9ClS/c1-8-6-7-13-11(8)9-2-4-10(12)5-3-9/h2-7H,1H3. The molecule has 66 valence electrons. The largest absolute Gasteiger partial charge is 0.144 e. The van der Waals surface area contributed by atoms with Crippen molar-refractivity contribution in [2.45, 2.75) is 6.92 Å². The van der Waals surface area contributed by atoms with E-state index in [1.165, 1.54) is 16.0 Å². The van der Waals surface area contributed by atoms with Crippen LogP contribution in [0.5, 0.6) is 0 Å². The first-order chi connectivity index (χ1) is 6.27. The van der Waals surface area contributed by atoms with Crippen LogP contribution in [0.15, 0.2) is 35.7 Å².